The molecule has 8 nitrogen and oxygen atoms in total. The molecule has 0 radical (unpaired) electrons. The van der Waals surface area contributed by atoms with Gasteiger partial charge in [0, 0.05) is 33.1 Å². The fourth-order valence-corrected chi connectivity index (χ4v) is 3.62. The zero-order valence-electron chi connectivity index (χ0n) is 15.7. The molecular weight excluding hydrogens is 310 g/mol. The average molecular weight is 337 g/mol. The first-order chi connectivity index (χ1) is 10.7. The van der Waals surface area contributed by atoms with Crippen molar-refractivity contribution in [3.63, 3.8) is 0 Å². The third-order valence-electron chi connectivity index (χ3n) is 4.72. The van der Waals surface area contributed by atoms with Gasteiger partial charge >= 0.3 is 5.97 Å². The van der Waals surface area contributed by atoms with Gasteiger partial charge in [0.15, 0.2) is 0 Å². The molecule has 1 amide bonds. The minimum Gasteiger partial charge on any atom is -0.480 e. The number of likely N-dealkylation sites (tertiary alicyclic amines) is 1. The minimum atomic E-state index is -1.34. The molecule has 1 aliphatic heterocycles. The number of aliphatic imine (C=N–C) groups is 1. The van der Waals surface area contributed by atoms with E-state index in [4.69, 9.17) is 5.26 Å². The summed E-state index contributed by atoms with van der Waals surface area (Å²) in [5.74, 6) is -1.01. The highest BCUT2D eigenvalue weighted by Crippen LogP contribution is 2.44. The Labute approximate surface area is 143 Å². The van der Waals surface area contributed by atoms with Crippen LogP contribution in [0.3, 0.4) is 0 Å². The Morgan fingerprint density at radius 1 is 1.33 bits per heavy atom. The van der Waals surface area contributed by atoms with E-state index >= 15 is 0 Å². The summed E-state index contributed by atoms with van der Waals surface area (Å²) in [7, 11) is 5.17. The standard InChI is InChI=1S/C16H27N5O3/c1-14(2)9-16(5,20(8)13(18-10-17)19(6)7)11(22)21(14)15(3,4)12(23)24/h9H2,1-8H3,(H,23,24). The van der Waals surface area contributed by atoms with Crippen molar-refractivity contribution in [2.24, 2.45) is 4.99 Å². The molecule has 0 aromatic carbocycles. The second-order valence-corrected chi connectivity index (χ2v) is 7.73. The highest BCUT2D eigenvalue weighted by Gasteiger charge is 2.61. The lowest BCUT2D eigenvalue weighted by molar-refractivity contribution is -0.160. The highest BCUT2D eigenvalue weighted by atomic mass is 16.4. The van der Waals surface area contributed by atoms with Crippen LogP contribution in [0.2, 0.25) is 0 Å². The Kier molecular flexibility index (Phi) is 4.91. The zero-order chi connectivity index (χ0) is 19.1. The van der Waals surface area contributed by atoms with Crippen LogP contribution < -0.4 is 0 Å². The van der Waals surface area contributed by atoms with Crippen LogP contribution in [0.15, 0.2) is 4.99 Å². The molecule has 1 saturated heterocycles. The number of carboxylic acids is 1. The number of carbonyl (C=O) groups is 2. The monoisotopic (exact) mass is 337 g/mol. The van der Waals surface area contributed by atoms with E-state index in [0.29, 0.717) is 12.4 Å². The lowest BCUT2D eigenvalue weighted by Crippen LogP contribution is -2.61. The quantitative estimate of drug-likeness (QED) is 0.467. The Hall–Kier alpha value is -2.30. The van der Waals surface area contributed by atoms with Crippen molar-refractivity contribution >= 4 is 17.8 Å². The third-order valence-corrected chi connectivity index (χ3v) is 4.72. The molecule has 134 valence electrons. The Morgan fingerprint density at radius 3 is 2.21 bits per heavy atom. The molecular formula is C16H27N5O3. The van der Waals surface area contributed by atoms with Crippen LogP contribution in [-0.4, -0.2) is 75.4 Å². The van der Waals surface area contributed by atoms with E-state index in [9.17, 15) is 14.7 Å². The fraction of sp³-hybridized carbons (Fsp3) is 0.750. The summed E-state index contributed by atoms with van der Waals surface area (Å²) < 4.78 is 0. The van der Waals surface area contributed by atoms with E-state index in [2.05, 4.69) is 4.99 Å². The number of rotatable bonds is 3. The van der Waals surface area contributed by atoms with E-state index in [1.165, 1.54) is 18.7 Å². The molecule has 24 heavy (non-hydrogen) atoms. The van der Waals surface area contributed by atoms with Crippen molar-refractivity contribution in [3.05, 3.63) is 0 Å². The molecule has 1 N–H and O–H groups in total. The van der Waals surface area contributed by atoms with Crippen LogP contribution in [0.1, 0.15) is 41.0 Å². The van der Waals surface area contributed by atoms with Crippen LogP contribution in [0, 0.1) is 11.5 Å². The van der Waals surface area contributed by atoms with Crippen molar-refractivity contribution in [2.75, 3.05) is 21.1 Å². The molecule has 1 atom stereocenters. The van der Waals surface area contributed by atoms with E-state index in [0.717, 1.165) is 0 Å². The summed E-state index contributed by atoms with van der Waals surface area (Å²) in [4.78, 5) is 33.5. The molecule has 1 fully saturated rings. The van der Waals surface area contributed by atoms with Gasteiger partial charge in [-0.25, -0.2) is 4.79 Å². The number of aliphatic carboxylic acids is 1. The predicted molar refractivity (Wildman–Crippen MR) is 90.2 cm³/mol. The number of amides is 1. The van der Waals surface area contributed by atoms with E-state index in [1.807, 2.05) is 13.8 Å². The summed E-state index contributed by atoms with van der Waals surface area (Å²) in [5.41, 5.74) is -3.01. The number of hydrogen-bond donors (Lipinski definition) is 1. The molecule has 8 heteroatoms. The molecule has 0 aromatic heterocycles. The van der Waals surface area contributed by atoms with Crippen molar-refractivity contribution in [1.29, 1.82) is 5.26 Å². The Bertz CT molecular complexity index is 618. The maximum absolute atomic E-state index is 13.2. The van der Waals surface area contributed by atoms with Gasteiger partial charge in [-0.05, 0) is 34.6 Å². The van der Waals surface area contributed by atoms with Crippen LogP contribution in [0.25, 0.3) is 0 Å². The van der Waals surface area contributed by atoms with Gasteiger partial charge in [0.05, 0.1) is 0 Å². The number of carbonyl (C=O) groups excluding carboxylic acids is 1. The van der Waals surface area contributed by atoms with Gasteiger partial charge in [-0.3, -0.25) is 4.79 Å². The van der Waals surface area contributed by atoms with Crippen LogP contribution >= 0.6 is 0 Å². The first kappa shape index (κ1) is 19.7. The maximum atomic E-state index is 13.2. The topological polar surface area (TPSA) is 100 Å². The summed E-state index contributed by atoms with van der Waals surface area (Å²) in [6, 6.07) is 0. The van der Waals surface area contributed by atoms with Crippen molar-refractivity contribution in [2.45, 2.75) is 57.7 Å². The maximum Gasteiger partial charge on any atom is 0.329 e. The zero-order valence-corrected chi connectivity index (χ0v) is 15.7. The second-order valence-electron chi connectivity index (χ2n) is 7.73. The van der Waals surface area contributed by atoms with Crippen molar-refractivity contribution < 1.29 is 14.7 Å². The summed E-state index contributed by atoms with van der Waals surface area (Å²) in [6.07, 6.45) is 2.16. The Balaban J connectivity index is 3.43. The van der Waals surface area contributed by atoms with Gasteiger partial charge in [-0.15, -0.1) is 4.99 Å². The van der Waals surface area contributed by atoms with Crippen LogP contribution in [0.4, 0.5) is 0 Å². The smallest absolute Gasteiger partial charge is 0.329 e. The molecule has 1 unspecified atom stereocenters. The summed E-state index contributed by atoms with van der Waals surface area (Å²) >= 11 is 0. The first-order valence-electron chi connectivity index (χ1n) is 7.69. The number of carboxylic acid groups (broad SMARTS) is 1. The van der Waals surface area contributed by atoms with Crippen LogP contribution in [0.5, 0.6) is 0 Å². The van der Waals surface area contributed by atoms with E-state index in [1.54, 1.807) is 44.1 Å². The summed E-state index contributed by atoms with van der Waals surface area (Å²) in [5, 5.41) is 18.5. The lowest BCUT2D eigenvalue weighted by atomic mass is 9.89. The molecule has 0 aromatic rings. The van der Waals surface area contributed by atoms with E-state index in [-0.39, 0.29) is 5.91 Å². The predicted octanol–water partition coefficient (Wildman–Crippen LogP) is 0.950. The average Bonchev–Trinajstić information content (AvgIpc) is 2.61. The SMILES string of the molecule is CN(C)C(=NC#N)N(C)C1(C)CC(C)(C)N(C(C)(C)C(=O)O)C1=O. The lowest BCUT2D eigenvalue weighted by Gasteiger charge is -2.41. The molecule has 1 aliphatic rings. The normalized spacial score (nSPS) is 23.9. The summed E-state index contributed by atoms with van der Waals surface area (Å²) in [6.45, 7) is 8.51. The van der Waals surface area contributed by atoms with Gasteiger partial charge in [0.1, 0.15) is 11.1 Å². The largest absolute Gasteiger partial charge is 0.480 e. The molecule has 1 rings (SSSR count). The molecule has 0 spiro atoms. The Morgan fingerprint density at radius 2 is 1.83 bits per heavy atom. The highest BCUT2D eigenvalue weighted by molar-refractivity contribution is 5.97. The first-order valence-corrected chi connectivity index (χ1v) is 7.69. The van der Waals surface area contributed by atoms with Gasteiger partial charge in [-0.2, -0.15) is 5.26 Å². The van der Waals surface area contributed by atoms with Gasteiger partial charge in [0.25, 0.3) is 0 Å². The molecule has 0 saturated carbocycles. The third kappa shape index (κ3) is 2.90. The number of likely N-dealkylation sites (N-methyl/N-ethyl adjacent to an activating group) is 1. The molecule has 0 aliphatic carbocycles. The van der Waals surface area contributed by atoms with Crippen molar-refractivity contribution in [1.82, 2.24) is 14.7 Å². The molecule has 1 heterocycles. The van der Waals surface area contributed by atoms with Crippen molar-refractivity contribution in [3.8, 4) is 6.19 Å². The van der Waals surface area contributed by atoms with Gasteiger partial charge < -0.3 is 19.8 Å². The minimum absolute atomic E-state index is 0.296. The number of guanidine groups is 1. The fourth-order valence-electron chi connectivity index (χ4n) is 3.62. The molecule has 0 bridgehead atoms. The van der Waals surface area contributed by atoms with Crippen LogP contribution in [-0.2, 0) is 9.59 Å². The van der Waals surface area contributed by atoms with E-state index < -0.39 is 22.6 Å². The number of nitrogens with zero attached hydrogens (tertiary/aromatic N) is 5. The second kappa shape index (κ2) is 5.96. The van der Waals surface area contributed by atoms with Gasteiger partial charge in [-0.1, -0.05) is 0 Å². The van der Waals surface area contributed by atoms with Gasteiger partial charge in [0.2, 0.25) is 18.1 Å². The number of hydrogen-bond acceptors (Lipinski definition) is 4. The number of nitriles is 1.